The molecule has 4 aromatic rings. The molecule has 2 aromatic heterocycles. The Balaban J connectivity index is 1.45. The number of halogens is 3. The van der Waals surface area contributed by atoms with Gasteiger partial charge in [0.05, 0.1) is 9.58 Å². The zero-order valence-corrected chi connectivity index (χ0v) is 16.3. The van der Waals surface area contributed by atoms with Crippen LogP contribution in [0.2, 0.25) is 0 Å². The Morgan fingerprint density at radius 3 is 2.34 bits per heavy atom. The SMILES string of the molecule is O=C(NCC(F)(F)F)c1ccc(NC(=O)c2cc3sc4ccccc4c3s2)cc1. The minimum absolute atomic E-state index is 0.0790. The van der Waals surface area contributed by atoms with Crippen molar-refractivity contribution in [1.29, 1.82) is 0 Å². The highest BCUT2D eigenvalue weighted by molar-refractivity contribution is 7.33. The van der Waals surface area contributed by atoms with Crippen molar-refractivity contribution in [2.24, 2.45) is 0 Å². The molecule has 0 spiro atoms. The number of alkyl halides is 3. The Morgan fingerprint density at radius 2 is 1.62 bits per heavy atom. The summed E-state index contributed by atoms with van der Waals surface area (Å²) in [6, 6.07) is 15.5. The molecule has 9 heteroatoms. The number of carbonyl (C=O) groups excluding carboxylic acids is 2. The summed E-state index contributed by atoms with van der Waals surface area (Å²) in [5.41, 5.74) is 0.527. The van der Waals surface area contributed by atoms with Crippen molar-refractivity contribution in [3.05, 3.63) is 65.0 Å². The Kier molecular flexibility index (Phi) is 5.01. The molecule has 0 bridgehead atoms. The number of rotatable bonds is 4. The maximum Gasteiger partial charge on any atom is 0.405 e. The second-order valence-corrected chi connectivity index (χ2v) is 8.37. The van der Waals surface area contributed by atoms with Gasteiger partial charge in [0.2, 0.25) is 0 Å². The van der Waals surface area contributed by atoms with Crippen LogP contribution in [0, 0.1) is 0 Å². The van der Waals surface area contributed by atoms with Gasteiger partial charge in [-0.1, -0.05) is 18.2 Å². The van der Waals surface area contributed by atoms with E-state index < -0.39 is 18.6 Å². The molecular formula is C20H13F3N2O2S2. The highest BCUT2D eigenvalue weighted by Gasteiger charge is 2.27. The van der Waals surface area contributed by atoms with Crippen LogP contribution in [0.3, 0.4) is 0 Å². The minimum Gasteiger partial charge on any atom is -0.343 e. The third-order valence-corrected chi connectivity index (χ3v) is 6.54. The summed E-state index contributed by atoms with van der Waals surface area (Å²) in [4.78, 5) is 24.8. The summed E-state index contributed by atoms with van der Waals surface area (Å²) >= 11 is 3.03. The van der Waals surface area contributed by atoms with Crippen molar-refractivity contribution in [1.82, 2.24) is 5.32 Å². The summed E-state index contributed by atoms with van der Waals surface area (Å²) in [5.74, 6) is -1.11. The van der Waals surface area contributed by atoms with Crippen LogP contribution in [0.15, 0.2) is 54.6 Å². The fourth-order valence-electron chi connectivity index (χ4n) is 2.79. The van der Waals surface area contributed by atoms with Crippen LogP contribution in [0.25, 0.3) is 19.5 Å². The fourth-order valence-corrected chi connectivity index (χ4v) is 5.21. The number of hydrogen-bond donors (Lipinski definition) is 2. The molecule has 0 saturated carbocycles. The normalized spacial score (nSPS) is 11.7. The quantitative estimate of drug-likeness (QED) is 0.435. The van der Waals surface area contributed by atoms with E-state index in [1.807, 2.05) is 30.3 Å². The first-order chi connectivity index (χ1) is 13.8. The van der Waals surface area contributed by atoms with E-state index in [1.165, 1.54) is 40.3 Å². The van der Waals surface area contributed by atoms with Gasteiger partial charge in [0.25, 0.3) is 11.8 Å². The summed E-state index contributed by atoms with van der Waals surface area (Å²) in [5, 5.41) is 5.66. The van der Waals surface area contributed by atoms with Crippen molar-refractivity contribution < 1.29 is 22.8 Å². The van der Waals surface area contributed by atoms with Crippen LogP contribution in [0.4, 0.5) is 18.9 Å². The summed E-state index contributed by atoms with van der Waals surface area (Å²) < 4.78 is 39.8. The minimum atomic E-state index is -4.47. The number of fused-ring (bicyclic) bond motifs is 3. The topological polar surface area (TPSA) is 58.2 Å². The monoisotopic (exact) mass is 434 g/mol. The molecule has 0 fully saturated rings. The number of nitrogens with one attached hydrogen (secondary N) is 2. The lowest BCUT2D eigenvalue weighted by atomic mass is 10.2. The van der Waals surface area contributed by atoms with Crippen molar-refractivity contribution >= 4 is 59.7 Å². The molecule has 2 N–H and O–H groups in total. The summed E-state index contributed by atoms with van der Waals surface area (Å²) in [6.07, 6.45) is -4.47. The van der Waals surface area contributed by atoms with Gasteiger partial charge in [-0.2, -0.15) is 13.2 Å². The number of carbonyl (C=O) groups is 2. The molecule has 0 aliphatic heterocycles. The van der Waals surface area contributed by atoms with E-state index in [0.717, 1.165) is 14.8 Å². The van der Waals surface area contributed by atoms with E-state index in [-0.39, 0.29) is 11.5 Å². The van der Waals surface area contributed by atoms with Gasteiger partial charge < -0.3 is 10.6 Å². The number of hydrogen-bond acceptors (Lipinski definition) is 4. The van der Waals surface area contributed by atoms with Gasteiger partial charge >= 0.3 is 6.18 Å². The molecule has 29 heavy (non-hydrogen) atoms. The van der Waals surface area contributed by atoms with Gasteiger partial charge in [0.15, 0.2) is 0 Å². The van der Waals surface area contributed by atoms with Crippen LogP contribution >= 0.6 is 22.7 Å². The Hall–Kier alpha value is -2.91. The molecule has 4 nitrogen and oxygen atoms in total. The van der Waals surface area contributed by atoms with E-state index >= 15 is 0 Å². The van der Waals surface area contributed by atoms with E-state index in [1.54, 1.807) is 16.7 Å². The van der Waals surface area contributed by atoms with Crippen LogP contribution in [-0.4, -0.2) is 24.5 Å². The summed E-state index contributed by atoms with van der Waals surface area (Å²) in [6.45, 7) is -1.39. The number of amides is 2. The van der Waals surface area contributed by atoms with Crippen LogP contribution in [-0.2, 0) is 0 Å². The number of thiophene rings is 2. The van der Waals surface area contributed by atoms with Crippen molar-refractivity contribution in [2.75, 3.05) is 11.9 Å². The van der Waals surface area contributed by atoms with E-state index in [0.29, 0.717) is 10.6 Å². The average molecular weight is 434 g/mol. The van der Waals surface area contributed by atoms with Crippen molar-refractivity contribution in [2.45, 2.75) is 6.18 Å². The van der Waals surface area contributed by atoms with Crippen LogP contribution in [0.1, 0.15) is 20.0 Å². The highest BCUT2D eigenvalue weighted by Crippen LogP contribution is 2.39. The van der Waals surface area contributed by atoms with Crippen molar-refractivity contribution in [3.63, 3.8) is 0 Å². The lowest BCUT2D eigenvalue weighted by Gasteiger charge is -2.09. The second kappa shape index (κ2) is 7.49. The van der Waals surface area contributed by atoms with Gasteiger partial charge in [-0.05, 0) is 36.4 Å². The molecular weight excluding hydrogens is 421 g/mol. The second-order valence-electron chi connectivity index (χ2n) is 6.23. The predicted molar refractivity (Wildman–Crippen MR) is 110 cm³/mol. The van der Waals surface area contributed by atoms with Crippen LogP contribution in [0.5, 0.6) is 0 Å². The van der Waals surface area contributed by atoms with E-state index in [4.69, 9.17) is 0 Å². The van der Waals surface area contributed by atoms with E-state index in [9.17, 15) is 22.8 Å². The molecule has 4 rings (SSSR count). The predicted octanol–water partition coefficient (Wildman–Crippen LogP) is 5.66. The van der Waals surface area contributed by atoms with Gasteiger partial charge in [-0.15, -0.1) is 22.7 Å². The highest BCUT2D eigenvalue weighted by atomic mass is 32.1. The van der Waals surface area contributed by atoms with Crippen molar-refractivity contribution in [3.8, 4) is 0 Å². The molecule has 2 heterocycles. The largest absolute Gasteiger partial charge is 0.405 e. The molecule has 0 aliphatic rings. The molecule has 0 aliphatic carbocycles. The Labute approximate surface area is 171 Å². The van der Waals surface area contributed by atoms with Gasteiger partial charge in [0, 0.05) is 26.0 Å². The smallest absolute Gasteiger partial charge is 0.343 e. The first-order valence-corrected chi connectivity index (χ1v) is 10.1. The standard InChI is InChI=1S/C20H13F3N2O2S2/c21-20(22,23)10-24-18(26)11-5-7-12(8-6-11)25-19(27)16-9-15-17(29-16)13-3-1-2-4-14(13)28-15/h1-9H,10H2,(H,24,26)(H,25,27). The number of anilines is 1. The van der Waals surface area contributed by atoms with Gasteiger partial charge in [-0.25, -0.2) is 0 Å². The summed E-state index contributed by atoms with van der Waals surface area (Å²) in [7, 11) is 0. The molecule has 148 valence electrons. The first kappa shape index (κ1) is 19.4. The maximum atomic E-state index is 12.5. The molecule has 0 atom stereocenters. The lowest BCUT2D eigenvalue weighted by molar-refractivity contribution is -0.123. The Morgan fingerprint density at radius 1 is 0.897 bits per heavy atom. The molecule has 0 radical (unpaired) electrons. The van der Waals surface area contributed by atoms with Gasteiger partial charge in [-0.3, -0.25) is 9.59 Å². The van der Waals surface area contributed by atoms with E-state index in [2.05, 4.69) is 5.32 Å². The molecule has 2 aromatic carbocycles. The molecule has 2 amide bonds. The maximum absolute atomic E-state index is 12.5. The number of benzene rings is 2. The zero-order chi connectivity index (χ0) is 20.6. The third-order valence-electron chi connectivity index (χ3n) is 4.13. The Bertz CT molecular complexity index is 1210. The van der Waals surface area contributed by atoms with Crippen LogP contribution < -0.4 is 10.6 Å². The molecule has 0 unspecified atom stereocenters. The lowest BCUT2D eigenvalue weighted by Crippen LogP contribution is -2.33. The average Bonchev–Trinajstić information content (AvgIpc) is 3.24. The fraction of sp³-hybridized carbons (Fsp3) is 0.100. The zero-order valence-electron chi connectivity index (χ0n) is 14.7. The van der Waals surface area contributed by atoms with Gasteiger partial charge in [0.1, 0.15) is 6.54 Å². The first-order valence-electron chi connectivity index (χ1n) is 8.47. The molecule has 0 saturated heterocycles. The third kappa shape index (κ3) is 4.25.